The number of anilines is 1. The third kappa shape index (κ3) is 3.61. The highest BCUT2D eigenvalue weighted by molar-refractivity contribution is 6.06. The topological polar surface area (TPSA) is 93.4 Å². The molecule has 1 aromatic heterocycles. The molecule has 1 saturated heterocycles. The summed E-state index contributed by atoms with van der Waals surface area (Å²) in [6.45, 7) is 2.23. The first-order valence-corrected chi connectivity index (χ1v) is 12.1. The highest BCUT2D eigenvalue weighted by atomic mass is 16.2. The van der Waals surface area contributed by atoms with Crippen LogP contribution >= 0.6 is 0 Å². The van der Waals surface area contributed by atoms with Crippen LogP contribution in [0.5, 0.6) is 0 Å². The molecule has 8 heteroatoms. The maximum atomic E-state index is 12.9. The average Bonchev–Trinajstić information content (AvgIpc) is 3.56. The Bertz CT molecular complexity index is 1200. The minimum absolute atomic E-state index is 0.0150. The van der Waals surface area contributed by atoms with E-state index in [0.717, 1.165) is 18.5 Å². The smallest absolute Gasteiger partial charge is 0.295 e. The van der Waals surface area contributed by atoms with Gasteiger partial charge in [0.05, 0.1) is 23.2 Å². The van der Waals surface area contributed by atoms with Gasteiger partial charge in [0.15, 0.2) is 0 Å². The zero-order valence-corrected chi connectivity index (χ0v) is 19.6. The summed E-state index contributed by atoms with van der Waals surface area (Å²) in [6, 6.07) is 9.29. The molecule has 2 aliphatic carbocycles. The number of carbonyl (C=O) groups excluding carboxylic acids is 3. The predicted octanol–water partition coefficient (Wildman–Crippen LogP) is 2.79. The van der Waals surface area contributed by atoms with Gasteiger partial charge in [0.1, 0.15) is 5.69 Å². The number of fused-ring (bicyclic) bond motifs is 5. The molecule has 3 aliphatic rings. The lowest BCUT2D eigenvalue weighted by Gasteiger charge is -2.16. The number of hydrogen-bond donors (Lipinski definition) is 1. The minimum Gasteiger partial charge on any atom is -0.320 e. The molecular formula is C26H30N4O4. The number of rotatable bonds is 8. The van der Waals surface area contributed by atoms with E-state index in [1.165, 1.54) is 9.58 Å². The van der Waals surface area contributed by atoms with E-state index in [-0.39, 0.29) is 53.4 Å². The van der Waals surface area contributed by atoms with Crippen LogP contribution < -0.4 is 10.9 Å². The quantitative estimate of drug-likeness (QED) is 0.371. The zero-order chi connectivity index (χ0) is 24.0. The number of para-hydroxylation sites is 1. The number of allylic oxidation sites excluding steroid dienone is 2. The molecule has 1 aromatic carbocycles. The number of nitrogens with one attached hydrogen (secondary N) is 1. The van der Waals surface area contributed by atoms with Gasteiger partial charge in [-0.3, -0.25) is 28.8 Å². The van der Waals surface area contributed by atoms with Crippen LogP contribution in [0.3, 0.4) is 0 Å². The van der Waals surface area contributed by atoms with Gasteiger partial charge in [-0.05, 0) is 50.2 Å². The highest BCUT2D eigenvalue weighted by Gasteiger charge is 2.58. The average molecular weight is 463 g/mol. The van der Waals surface area contributed by atoms with Gasteiger partial charge in [-0.1, -0.05) is 36.8 Å². The summed E-state index contributed by atoms with van der Waals surface area (Å²) in [5, 5.41) is 2.78. The SMILES string of the molecule is Cc1c(NC(=O)CCCCCN2C(=O)[C@@H]3[C@H](C2=O)[C@H]2C=C[C@H]3C2)c(=O)n(-c2ccccc2)n1C. The van der Waals surface area contributed by atoms with Crippen molar-refractivity contribution in [1.82, 2.24) is 14.3 Å². The molecule has 8 nitrogen and oxygen atoms in total. The molecule has 5 rings (SSSR count). The van der Waals surface area contributed by atoms with Crippen LogP contribution in [0, 0.1) is 30.6 Å². The van der Waals surface area contributed by atoms with Crippen LogP contribution in [-0.2, 0) is 21.4 Å². The number of imide groups is 1. The van der Waals surface area contributed by atoms with Gasteiger partial charge in [-0.25, -0.2) is 4.68 Å². The van der Waals surface area contributed by atoms with Crippen molar-refractivity contribution in [3.05, 3.63) is 58.5 Å². The van der Waals surface area contributed by atoms with Crippen molar-refractivity contribution in [1.29, 1.82) is 0 Å². The van der Waals surface area contributed by atoms with Crippen LogP contribution in [0.2, 0.25) is 0 Å². The van der Waals surface area contributed by atoms with Crippen LogP contribution in [0.4, 0.5) is 5.69 Å². The van der Waals surface area contributed by atoms with Crippen molar-refractivity contribution in [3.8, 4) is 5.69 Å². The number of hydrogen-bond acceptors (Lipinski definition) is 4. The summed E-state index contributed by atoms with van der Waals surface area (Å²) < 4.78 is 3.26. The first-order valence-electron chi connectivity index (χ1n) is 12.1. The van der Waals surface area contributed by atoms with E-state index in [0.29, 0.717) is 30.8 Å². The zero-order valence-electron chi connectivity index (χ0n) is 19.6. The fourth-order valence-electron chi connectivity index (χ4n) is 5.83. The standard InChI is InChI=1S/C26H30N4O4/c1-16-23(26(34)30(28(16)2)19-9-5-3-6-10-19)27-20(31)11-7-4-8-14-29-24(32)21-17-12-13-18(15-17)22(21)25(29)33/h3,5-6,9-10,12-13,17-18,21-22H,4,7-8,11,14-15H2,1-2H3,(H,27,31)/t17-,18-,21-,22+/m0/s1. The molecule has 2 aromatic rings. The number of benzene rings is 1. The van der Waals surface area contributed by atoms with E-state index in [1.54, 1.807) is 18.7 Å². The maximum absolute atomic E-state index is 12.9. The minimum atomic E-state index is -0.264. The van der Waals surface area contributed by atoms with Gasteiger partial charge in [0, 0.05) is 20.0 Å². The molecule has 2 heterocycles. The predicted molar refractivity (Wildman–Crippen MR) is 127 cm³/mol. The normalized spacial score (nSPS) is 24.8. The molecule has 2 bridgehead atoms. The second-order valence-electron chi connectivity index (χ2n) is 9.62. The van der Waals surface area contributed by atoms with E-state index in [1.807, 2.05) is 30.3 Å². The summed E-state index contributed by atoms with van der Waals surface area (Å²) in [6.07, 6.45) is 7.45. The van der Waals surface area contributed by atoms with E-state index >= 15 is 0 Å². The van der Waals surface area contributed by atoms with E-state index < -0.39 is 0 Å². The Balaban J connectivity index is 1.11. The number of nitrogens with zero attached hydrogens (tertiary/aromatic N) is 3. The summed E-state index contributed by atoms with van der Waals surface area (Å²) >= 11 is 0. The van der Waals surface area contributed by atoms with Crippen LogP contribution in [-0.4, -0.2) is 38.5 Å². The summed E-state index contributed by atoms with van der Waals surface area (Å²) in [5.41, 5.74) is 1.44. The monoisotopic (exact) mass is 462 g/mol. The van der Waals surface area contributed by atoms with Crippen molar-refractivity contribution < 1.29 is 14.4 Å². The Labute approximate surface area is 198 Å². The summed E-state index contributed by atoms with van der Waals surface area (Å²) in [4.78, 5) is 52.3. The van der Waals surface area contributed by atoms with Gasteiger partial charge in [-0.15, -0.1) is 0 Å². The number of aromatic nitrogens is 2. The van der Waals surface area contributed by atoms with Crippen LogP contribution in [0.25, 0.3) is 5.69 Å². The van der Waals surface area contributed by atoms with E-state index in [2.05, 4.69) is 17.5 Å². The van der Waals surface area contributed by atoms with Gasteiger partial charge in [0.2, 0.25) is 17.7 Å². The summed E-state index contributed by atoms with van der Waals surface area (Å²) in [5.74, 6) is -0.0834. The third-order valence-corrected chi connectivity index (χ3v) is 7.67. The first-order chi connectivity index (χ1) is 16.4. The number of likely N-dealkylation sites (tertiary alicyclic amines) is 1. The number of carbonyl (C=O) groups is 3. The van der Waals surface area contributed by atoms with E-state index in [4.69, 9.17) is 0 Å². The van der Waals surface area contributed by atoms with Gasteiger partial charge < -0.3 is 5.32 Å². The molecule has 0 unspecified atom stereocenters. The molecule has 1 N–H and O–H groups in total. The van der Waals surface area contributed by atoms with E-state index in [9.17, 15) is 19.2 Å². The molecule has 2 fully saturated rings. The lowest BCUT2D eigenvalue weighted by Crippen LogP contribution is -2.33. The van der Waals surface area contributed by atoms with Gasteiger partial charge in [-0.2, -0.15) is 0 Å². The maximum Gasteiger partial charge on any atom is 0.295 e. The third-order valence-electron chi connectivity index (χ3n) is 7.67. The van der Waals surface area contributed by atoms with Crippen molar-refractivity contribution in [3.63, 3.8) is 0 Å². The Kier molecular flexibility index (Phi) is 5.75. The number of unbranched alkanes of at least 4 members (excludes halogenated alkanes) is 2. The fourth-order valence-corrected chi connectivity index (χ4v) is 5.83. The highest BCUT2D eigenvalue weighted by Crippen LogP contribution is 2.52. The molecule has 3 amide bonds. The first kappa shape index (κ1) is 22.4. The molecule has 1 saturated carbocycles. The molecule has 4 atom stereocenters. The fraction of sp³-hybridized carbons (Fsp3) is 0.462. The largest absolute Gasteiger partial charge is 0.320 e. The lowest BCUT2D eigenvalue weighted by molar-refractivity contribution is -0.140. The molecule has 0 spiro atoms. The molecule has 0 radical (unpaired) electrons. The van der Waals surface area contributed by atoms with Gasteiger partial charge >= 0.3 is 0 Å². The van der Waals surface area contributed by atoms with Crippen molar-refractivity contribution in [2.24, 2.45) is 30.7 Å². The summed E-state index contributed by atoms with van der Waals surface area (Å²) in [7, 11) is 1.79. The second kappa shape index (κ2) is 8.74. The van der Waals surface area contributed by atoms with Crippen molar-refractivity contribution in [2.75, 3.05) is 11.9 Å². The Hall–Kier alpha value is -3.42. The lowest BCUT2D eigenvalue weighted by atomic mass is 9.85. The van der Waals surface area contributed by atoms with Crippen molar-refractivity contribution >= 4 is 23.4 Å². The second-order valence-corrected chi connectivity index (χ2v) is 9.62. The molecule has 178 valence electrons. The Morgan fingerprint density at radius 1 is 0.971 bits per heavy atom. The van der Waals surface area contributed by atoms with Gasteiger partial charge in [0.25, 0.3) is 5.56 Å². The Morgan fingerprint density at radius 2 is 1.62 bits per heavy atom. The molecular weight excluding hydrogens is 432 g/mol. The van der Waals surface area contributed by atoms with Crippen LogP contribution in [0.15, 0.2) is 47.3 Å². The Morgan fingerprint density at radius 3 is 2.26 bits per heavy atom. The molecule has 34 heavy (non-hydrogen) atoms. The molecule has 1 aliphatic heterocycles. The number of amides is 3. The van der Waals surface area contributed by atoms with Crippen LogP contribution in [0.1, 0.15) is 37.8 Å². The van der Waals surface area contributed by atoms with Crippen molar-refractivity contribution in [2.45, 2.75) is 39.0 Å².